The third kappa shape index (κ3) is 4.94. The molecule has 2 aliphatic rings. The third-order valence-corrected chi connectivity index (χ3v) is 6.15. The van der Waals surface area contributed by atoms with E-state index in [4.69, 9.17) is 23.2 Å². The lowest BCUT2D eigenvalue weighted by Crippen LogP contribution is -2.45. The summed E-state index contributed by atoms with van der Waals surface area (Å²) < 4.78 is 0. The molecule has 0 radical (unpaired) electrons. The Bertz CT molecular complexity index is 991. The van der Waals surface area contributed by atoms with Crippen molar-refractivity contribution in [1.29, 1.82) is 0 Å². The van der Waals surface area contributed by atoms with Crippen LogP contribution in [0.2, 0.25) is 10.0 Å². The van der Waals surface area contributed by atoms with E-state index in [1.165, 1.54) is 13.3 Å². The number of rotatable bonds is 7. The summed E-state index contributed by atoms with van der Waals surface area (Å²) in [5, 5.41) is 10.1. The minimum absolute atomic E-state index is 0.0508. The smallest absolute Gasteiger partial charge is 0.248 e. The molecule has 3 N–H and O–H groups in total. The summed E-state index contributed by atoms with van der Waals surface area (Å²) in [6, 6.07) is 13.2. The van der Waals surface area contributed by atoms with Gasteiger partial charge in [-0.15, -0.1) is 0 Å². The number of amides is 2. The maximum atomic E-state index is 12.8. The summed E-state index contributed by atoms with van der Waals surface area (Å²) in [6.45, 7) is 2.66. The highest BCUT2D eigenvalue weighted by Gasteiger charge is 2.55. The van der Waals surface area contributed by atoms with Crippen molar-refractivity contribution in [2.24, 2.45) is 16.9 Å². The van der Waals surface area contributed by atoms with Crippen LogP contribution < -0.4 is 21.0 Å². The van der Waals surface area contributed by atoms with Gasteiger partial charge in [0.2, 0.25) is 11.8 Å². The van der Waals surface area contributed by atoms with Crippen LogP contribution in [0, 0.1) is 11.8 Å². The summed E-state index contributed by atoms with van der Waals surface area (Å²) in [4.78, 5) is 26.2. The molecule has 1 aliphatic heterocycles. The van der Waals surface area contributed by atoms with Crippen LogP contribution in [0.3, 0.4) is 0 Å². The molecule has 4 rings (SSSR count). The molecule has 0 bridgehead atoms. The normalized spacial score (nSPS) is 21.6. The Morgan fingerprint density at radius 3 is 2.58 bits per heavy atom. The number of fused-ring (bicyclic) bond motifs is 1. The van der Waals surface area contributed by atoms with Gasteiger partial charge in [-0.3, -0.25) is 9.59 Å². The zero-order valence-corrected chi connectivity index (χ0v) is 18.5. The van der Waals surface area contributed by atoms with Crippen LogP contribution in [0.5, 0.6) is 0 Å². The number of para-hydroxylation sites is 1. The lowest BCUT2D eigenvalue weighted by molar-refractivity contribution is -0.121. The van der Waals surface area contributed by atoms with Crippen molar-refractivity contribution in [3.05, 3.63) is 58.1 Å². The van der Waals surface area contributed by atoms with Crippen LogP contribution in [-0.2, 0) is 16.1 Å². The van der Waals surface area contributed by atoms with E-state index in [2.05, 4.69) is 26.1 Å². The van der Waals surface area contributed by atoms with Gasteiger partial charge in [-0.2, -0.15) is 5.10 Å². The first-order chi connectivity index (χ1) is 14.9. The van der Waals surface area contributed by atoms with Crippen LogP contribution in [0.15, 0.2) is 47.6 Å². The maximum absolute atomic E-state index is 12.8. The van der Waals surface area contributed by atoms with Crippen molar-refractivity contribution in [2.45, 2.75) is 25.9 Å². The van der Waals surface area contributed by atoms with Gasteiger partial charge in [0.1, 0.15) is 12.4 Å². The second-order valence-corrected chi connectivity index (χ2v) is 8.62. The van der Waals surface area contributed by atoms with Crippen LogP contribution in [0.25, 0.3) is 0 Å². The number of hydrazone groups is 1. The van der Waals surface area contributed by atoms with Gasteiger partial charge in [0.05, 0.1) is 22.3 Å². The first-order valence-electron chi connectivity index (χ1n) is 10.1. The number of hydrogen-bond donors (Lipinski definition) is 3. The van der Waals surface area contributed by atoms with Gasteiger partial charge < -0.3 is 21.0 Å². The van der Waals surface area contributed by atoms with Crippen molar-refractivity contribution in [2.75, 3.05) is 16.8 Å². The Morgan fingerprint density at radius 2 is 1.90 bits per heavy atom. The predicted molar refractivity (Wildman–Crippen MR) is 123 cm³/mol. The fourth-order valence-electron chi connectivity index (χ4n) is 4.07. The Hall–Kier alpha value is -2.77. The van der Waals surface area contributed by atoms with Gasteiger partial charge in [0, 0.05) is 19.2 Å². The van der Waals surface area contributed by atoms with E-state index in [9.17, 15) is 9.59 Å². The Morgan fingerprint density at radius 1 is 1.19 bits per heavy atom. The van der Waals surface area contributed by atoms with Gasteiger partial charge in [-0.25, -0.2) is 0 Å². The fourth-order valence-corrected chi connectivity index (χ4v) is 4.70. The van der Waals surface area contributed by atoms with Gasteiger partial charge in [-0.05, 0) is 48.1 Å². The van der Waals surface area contributed by atoms with E-state index < -0.39 is 0 Å². The molecule has 1 heterocycles. The second-order valence-electron chi connectivity index (χ2n) is 7.81. The molecule has 1 saturated carbocycles. The number of piperidine rings is 1. The van der Waals surface area contributed by atoms with Crippen molar-refractivity contribution in [1.82, 2.24) is 10.7 Å². The van der Waals surface area contributed by atoms with Crippen LogP contribution in [-0.4, -0.2) is 30.7 Å². The summed E-state index contributed by atoms with van der Waals surface area (Å²) >= 11 is 12.4. The zero-order chi connectivity index (χ0) is 22.0. The lowest BCUT2D eigenvalue weighted by Gasteiger charge is -2.28. The molecule has 7 nitrogen and oxygen atoms in total. The summed E-state index contributed by atoms with van der Waals surface area (Å²) in [5.74, 6) is 0.708. The second kappa shape index (κ2) is 9.16. The van der Waals surface area contributed by atoms with E-state index >= 15 is 0 Å². The number of nitrogens with one attached hydrogen (secondary N) is 3. The largest absolute Gasteiger partial charge is 0.359 e. The van der Waals surface area contributed by atoms with E-state index in [-0.39, 0.29) is 17.9 Å². The zero-order valence-electron chi connectivity index (χ0n) is 16.9. The number of halogens is 2. The Kier molecular flexibility index (Phi) is 6.34. The summed E-state index contributed by atoms with van der Waals surface area (Å²) in [7, 11) is 0. The molecule has 162 valence electrons. The molecule has 31 heavy (non-hydrogen) atoms. The molecule has 0 spiro atoms. The molecular formula is C22H23Cl2N5O2. The number of hydrogen-bond acceptors (Lipinski definition) is 5. The molecule has 0 unspecified atom stereocenters. The fraction of sp³-hybridized carbons (Fsp3) is 0.318. The number of benzene rings is 2. The molecular weight excluding hydrogens is 437 g/mol. The van der Waals surface area contributed by atoms with Gasteiger partial charge in [0.15, 0.2) is 0 Å². The molecule has 2 amide bonds. The first kappa shape index (κ1) is 21.5. The number of carbonyl (C=O) groups is 2. The van der Waals surface area contributed by atoms with E-state index in [1.807, 2.05) is 30.3 Å². The predicted octanol–water partition coefficient (Wildman–Crippen LogP) is 3.63. The molecule has 0 aromatic heterocycles. The summed E-state index contributed by atoms with van der Waals surface area (Å²) in [5.41, 5.74) is 5.11. The number of nitrogens with zero attached hydrogens (tertiary/aromatic N) is 2. The van der Waals surface area contributed by atoms with E-state index in [0.29, 0.717) is 34.1 Å². The van der Waals surface area contributed by atoms with Crippen molar-refractivity contribution < 1.29 is 9.59 Å². The van der Waals surface area contributed by atoms with Crippen molar-refractivity contribution in [3.8, 4) is 0 Å². The Balaban J connectivity index is 1.30. The quantitative estimate of drug-likeness (QED) is 0.335. The van der Waals surface area contributed by atoms with Crippen LogP contribution in [0.4, 0.5) is 11.4 Å². The standard InChI is InChI=1S/C22H23Cl2N5O2/c1-13(30)28-20-18(23)7-14(8-19(20)24)10-26-27-12-25-22(31)21-17-9-15(17)11-29(21)16-5-3-2-4-6-16/h2-8,12,15,17,21,26H,9-11H2,1H3,(H,28,30)(H,25,27,31)/t15-,17-,21+/m1/s1. The molecule has 1 saturated heterocycles. The highest BCUT2D eigenvalue weighted by molar-refractivity contribution is 6.39. The average Bonchev–Trinajstić information content (AvgIpc) is 3.40. The van der Waals surface area contributed by atoms with Crippen LogP contribution >= 0.6 is 23.2 Å². The highest BCUT2D eigenvalue weighted by atomic mass is 35.5. The molecule has 3 atom stereocenters. The van der Waals surface area contributed by atoms with Crippen molar-refractivity contribution in [3.63, 3.8) is 0 Å². The Labute approximate surface area is 190 Å². The summed E-state index contributed by atoms with van der Waals surface area (Å²) in [6.07, 6.45) is 2.48. The third-order valence-electron chi connectivity index (χ3n) is 5.56. The van der Waals surface area contributed by atoms with Gasteiger partial charge >= 0.3 is 0 Å². The highest BCUT2D eigenvalue weighted by Crippen LogP contribution is 2.50. The lowest BCUT2D eigenvalue weighted by atomic mass is 10.1. The minimum Gasteiger partial charge on any atom is -0.359 e. The maximum Gasteiger partial charge on any atom is 0.248 e. The molecule has 2 aromatic rings. The van der Waals surface area contributed by atoms with Crippen LogP contribution in [0.1, 0.15) is 18.9 Å². The van der Waals surface area contributed by atoms with Crippen molar-refractivity contribution >= 4 is 52.7 Å². The monoisotopic (exact) mass is 459 g/mol. The van der Waals surface area contributed by atoms with E-state index in [0.717, 1.165) is 24.2 Å². The molecule has 2 aromatic carbocycles. The average molecular weight is 460 g/mol. The minimum atomic E-state index is -0.249. The topological polar surface area (TPSA) is 85.8 Å². The SMILES string of the molecule is CC(=O)Nc1c(Cl)cc(CN/N=C\NC(=O)[C@@H]2[C@@H]3C[C@@H]3CN2c2ccccc2)cc1Cl. The molecule has 9 heteroatoms. The van der Waals surface area contributed by atoms with E-state index in [1.54, 1.807) is 12.1 Å². The van der Waals surface area contributed by atoms with Gasteiger partial charge in [0.25, 0.3) is 0 Å². The first-order valence-corrected chi connectivity index (χ1v) is 10.8. The molecule has 2 fully saturated rings. The molecule has 1 aliphatic carbocycles. The number of carbonyl (C=O) groups excluding carboxylic acids is 2. The van der Waals surface area contributed by atoms with Gasteiger partial charge in [-0.1, -0.05) is 41.4 Å². The number of anilines is 2.